The summed E-state index contributed by atoms with van der Waals surface area (Å²) in [7, 11) is 1.30. The Hall–Kier alpha value is -3.21. The Morgan fingerprint density at radius 2 is 2.31 bits per heavy atom. The minimum atomic E-state index is -1.20. The molecule has 2 aliphatic rings. The molecule has 3 aromatic heterocycles. The number of carbonyl (C=O) groups is 3. The van der Waals surface area contributed by atoms with Gasteiger partial charge in [0, 0.05) is 16.9 Å². The number of oxime groups is 1. The highest BCUT2D eigenvalue weighted by atomic mass is 32.2. The van der Waals surface area contributed by atoms with E-state index in [9.17, 15) is 19.5 Å². The maximum atomic E-state index is 12.9. The fourth-order valence-corrected chi connectivity index (χ4v) is 7.10. The number of hydrogen-bond donors (Lipinski definition) is 3. The Morgan fingerprint density at radius 1 is 1.44 bits per heavy atom. The number of carbonyl (C=O) groups excluding carboxylic acids is 2. The lowest BCUT2D eigenvalue weighted by molar-refractivity contribution is -0.150. The van der Waals surface area contributed by atoms with Gasteiger partial charge in [0.25, 0.3) is 11.8 Å². The van der Waals surface area contributed by atoms with E-state index in [4.69, 9.17) is 4.84 Å². The standard InChI is InChI=1S/C20H17N7O5S4/c1-32-26-12(10-7-33-8-21-10)16(28)22-13-17(29)27-14(19(30)31)9(5-35-18(13)27)6-36-20-23-15(24-25-20)11-3-2-4-34-11/h2-4,7-8,13,18H,5-6H2,1H3,(H,22,28)(H,30,31)(H,23,24,25)/b26-12+/t13?,18-/m1/s1. The van der Waals surface area contributed by atoms with Gasteiger partial charge >= 0.3 is 5.97 Å². The fraction of sp³-hybridized carbons (Fsp3) is 0.250. The molecular weight excluding hydrogens is 547 g/mol. The Labute approximate surface area is 220 Å². The number of fused-ring (bicyclic) bond motifs is 1. The monoisotopic (exact) mass is 563 g/mol. The van der Waals surface area contributed by atoms with Crippen molar-refractivity contribution < 1.29 is 24.3 Å². The summed E-state index contributed by atoms with van der Waals surface area (Å²) in [5, 5.41) is 26.8. The van der Waals surface area contributed by atoms with Gasteiger partial charge in [-0.15, -0.1) is 39.5 Å². The number of thiophene rings is 1. The maximum Gasteiger partial charge on any atom is 0.352 e. The molecule has 5 rings (SSSR count). The van der Waals surface area contributed by atoms with Crippen molar-refractivity contribution in [3.8, 4) is 10.7 Å². The fourth-order valence-electron chi connectivity index (χ4n) is 3.62. The third kappa shape index (κ3) is 4.63. The summed E-state index contributed by atoms with van der Waals surface area (Å²) >= 11 is 5.49. The Bertz CT molecular complexity index is 1350. The van der Waals surface area contributed by atoms with Gasteiger partial charge in [-0.25, -0.2) is 14.8 Å². The van der Waals surface area contributed by atoms with Crippen LogP contribution in [0.15, 0.2) is 50.0 Å². The van der Waals surface area contributed by atoms with E-state index in [0.717, 1.165) is 4.88 Å². The molecule has 0 spiro atoms. The number of β-lactam (4-membered cyclic amide) rings is 1. The molecule has 186 valence electrons. The number of thiazole rings is 1. The Balaban J connectivity index is 1.28. The average Bonchev–Trinajstić information content (AvgIpc) is 3.66. The van der Waals surface area contributed by atoms with E-state index in [0.29, 0.717) is 33.8 Å². The van der Waals surface area contributed by atoms with Gasteiger partial charge in [0.05, 0.1) is 10.4 Å². The van der Waals surface area contributed by atoms with Crippen molar-refractivity contribution in [2.45, 2.75) is 16.6 Å². The van der Waals surface area contributed by atoms with Gasteiger partial charge in [-0.3, -0.25) is 19.6 Å². The summed E-state index contributed by atoms with van der Waals surface area (Å²) in [6.07, 6.45) is 0. The number of carboxylic acids is 1. The first-order valence-corrected chi connectivity index (χ1v) is 14.1. The Kier molecular flexibility index (Phi) is 7.08. The number of rotatable bonds is 9. The SMILES string of the molecule is CO/N=C(/C(=O)NC1C(=O)N2C(C(=O)O)=C(CSc3n[nH]c(-c4cccs4)n3)CS[C@H]12)c1cscn1. The molecule has 1 fully saturated rings. The summed E-state index contributed by atoms with van der Waals surface area (Å²) < 4.78 is 0. The van der Waals surface area contributed by atoms with Crippen LogP contribution in [-0.4, -0.2) is 83.7 Å². The highest BCUT2D eigenvalue weighted by Gasteiger charge is 2.54. The van der Waals surface area contributed by atoms with Crippen molar-refractivity contribution in [1.82, 2.24) is 30.4 Å². The van der Waals surface area contributed by atoms with E-state index in [1.165, 1.54) is 58.2 Å². The molecular formula is C20H17N7O5S4. The van der Waals surface area contributed by atoms with Crippen LogP contribution in [0.2, 0.25) is 0 Å². The lowest BCUT2D eigenvalue weighted by Crippen LogP contribution is -2.71. The number of amides is 2. The van der Waals surface area contributed by atoms with Crippen LogP contribution in [0.4, 0.5) is 0 Å². The van der Waals surface area contributed by atoms with Gasteiger partial charge in [-0.1, -0.05) is 23.0 Å². The molecule has 1 unspecified atom stereocenters. The molecule has 36 heavy (non-hydrogen) atoms. The molecule has 16 heteroatoms. The molecule has 0 aromatic carbocycles. The van der Waals surface area contributed by atoms with Crippen LogP contribution in [0.3, 0.4) is 0 Å². The molecule has 1 saturated heterocycles. The van der Waals surface area contributed by atoms with E-state index in [1.807, 2.05) is 17.5 Å². The summed E-state index contributed by atoms with van der Waals surface area (Å²) in [5.74, 6) is -1.01. The van der Waals surface area contributed by atoms with Crippen LogP contribution in [0.25, 0.3) is 10.7 Å². The molecule has 2 aliphatic heterocycles. The van der Waals surface area contributed by atoms with Crippen LogP contribution in [0.1, 0.15) is 5.69 Å². The van der Waals surface area contributed by atoms with Crippen LogP contribution >= 0.6 is 46.2 Å². The van der Waals surface area contributed by atoms with Crippen molar-refractivity contribution in [2.24, 2.45) is 5.16 Å². The van der Waals surface area contributed by atoms with E-state index in [1.54, 1.807) is 10.9 Å². The summed E-state index contributed by atoms with van der Waals surface area (Å²) in [6.45, 7) is 0. The third-order valence-corrected chi connectivity index (χ3v) is 8.94. The van der Waals surface area contributed by atoms with Crippen molar-refractivity contribution in [2.75, 3.05) is 18.6 Å². The van der Waals surface area contributed by atoms with Crippen LogP contribution < -0.4 is 5.32 Å². The van der Waals surface area contributed by atoms with E-state index in [2.05, 4.69) is 30.6 Å². The van der Waals surface area contributed by atoms with Gasteiger partial charge in [0.15, 0.2) is 11.5 Å². The first kappa shape index (κ1) is 24.5. The molecule has 5 heterocycles. The zero-order valence-corrected chi connectivity index (χ0v) is 21.7. The summed E-state index contributed by atoms with van der Waals surface area (Å²) in [6, 6.07) is 2.95. The van der Waals surface area contributed by atoms with Gasteiger partial charge in [0.1, 0.15) is 29.9 Å². The Morgan fingerprint density at radius 3 is 3.00 bits per heavy atom. The topological polar surface area (TPSA) is 163 Å². The number of nitrogens with one attached hydrogen (secondary N) is 2. The van der Waals surface area contributed by atoms with Gasteiger partial charge < -0.3 is 15.3 Å². The maximum absolute atomic E-state index is 12.9. The molecule has 2 amide bonds. The number of aromatic nitrogens is 4. The summed E-state index contributed by atoms with van der Waals surface area (Å²) in [5.41, 5.74) is 2.31. The normalized spacial score (nSPS) is 19.6. The van der Waals surface area contributed by atoms with Crippen molar-refractivity contribution in [1.29, 1.82) is 0 Å². The minimum absolute atomic E-state index is 0.0645. The zero-order chi connectivity index (χ0) is 25.2. The molecule has 0 bridgehead atoms. The predicted molar refractivity (Wildman–Crippen MR) is 136 cm³/mol. The average molecular weight is 564 g/mol. The van der Waals surface area contributed by atoms with Gasteiger partial charge in [-0.05, 0) is 17.0 Å². The highest BCUT2D eigenvalue weighted by Crippen LogP contribution is 2.41. The van der Waals surface area contributed by atoms with E-state index >= 15 is 0 Å². The lowest BCUT2D eigenvalue weighted by Gasteiger charge is -2.49. The number of nitrogens with zero attached hydrogens (tertiary/aromatic N) is 5. The number of thioether (sulfide) groups is 2. The molecule has 12 nitrogen and oxygen atoms in total. The smallest absolute Gasteiger partial charge is 0.352 e. The van der Waals surface area contributed by atoms with Gasteiger partial charge in [0.2, 0.25) is 5.16 Å². The highest BCUT2D eigenvalue weighted by molar-refractivity contribution is 8.01. The molecule has 0 saturated carbocycles. The molecule has 0 aliphatic carbocycles. The van der Waals surface area contributed by atoms with Gasteiger partial charge in [-0.2, -0.15) is 0 Å². The van der Waals surface area contributed by atoms with Crippen LogP contribution in [-0.2, 0) is 19.2 Å². The molecule has 2 atom stereocenters. The lowest BCUT2D eigenvalue weighted by atomic mass is 10.0. The minimum Gasteiger partial charge on any atom is -0.477 e. The largest absolute Gasteiger partial charge is 0.477 e. The number of H-pyrrole nitrogens is 1. The predicted octanol–water partition coefficient (Wildman–Crippen LogP) is 1.87. The number of hydrogen-bond acceptors (Lipinski definition) is 12. The molecule has 3 N–H and O–H groups in total. The second kappa shape index (κ2) is 10.4. The second-order valence-corrected chi connectivity index (χ2v) is 11.1. The molecule has 0 radical (unpaired) electrons. The zero-order valence-electron chi connectivity index (χ0n) is 18.4. The van der Waals surface area contributed by atoms with Crippen molar-refractivity contribution in [3.63, 3.8) is 0 Å². The first-order chi connectivity index (χ1) is 17.5. The van der Waals surface area contributed by atoms with Crippen molar-refractivity contribution in [3.05, 3.63) is 45.4 Å². The van der Waals surface area contributed by atoms with Crippen LogP contribution in [0.5, 0.6) is 0 Å². The van der Waals surface area contributed by atoms with Crippen molar-refractivity contribution >= 4 is 69.7 Å². The van der Waals surface area contributed by atoms with Crippen LogP contribution in [0, 0.1) is 0 Å². The number of aliphatic carboxylic acids is 1. The van der Waals surface area contributed by atoms with E-state index in [-0.39, 0.29) is 11.4 Å². The number of aromatic amines is 1. The second-order valence-electron chi connectivity index (χ2n) is 7.35. The number of carboxylic acid groups (broad SMARTS) is 1. The first-order valence-electron chi connectivity index (χ1n) is 10.3. The third-order valence-electron chi connectivity index (χ3n) is 5.20. The molecule has 3 aromatic rings. The summed E-state index contributed by atoms with van der Waals surface area (Å²) in [4.78, 5) is 53.3. The van der Waals surface area contributed by atoms with E-state index < -0.39 is 29.2 Å². The quantitative estimate of drug-likeness (QED) is 0.152.